The van der Waals surface area contributed by atoms with Gasteiger partial charge >= 0.3 is 0 Å². The lowest BCUT2D eigenvalue weighted by atomic mass is 9.46. The molecule has 5 nitrogen and oxygen atoms in total. The second kappa shape index (κ2) is 5.46. The van der Waals surface area contributed by atoms with Crippen LogP contribution in [0.25, 0.3) is 0 Å². The Morgan fingerprint density at radius 2 is 2.15 bits per heavy atom. The zero-order valence-corrected chi connectivity index (χ0v) is 14.8. The van der Waals surface area contributed by atoms with Crippen LogP contribution in [-0.2, 0) is 14.4 Å². The zero-order valence-electron chi connectivity index (χ0n) is 20.8. The summed E-state index contributed by atoms with van der Waals surface area (Å²) >= 11 is 0. The molecule has 6 atom stereocenters. The predicted octanol–water partition coefficient (Wildman–Crippen LogP) is 1.77. The van der Waals surface area contributed by atoms with Crippen molar-refractivity contribution in [1.29, 1.82) is 0 Å². The largest absolute Gasteiger partial charge is 0.388 e. The van der Waals surface area contributed by atoms with Crippen molar-refractivity contribution in [3.8, 4) is 0 Å². The number of hydrogen-bond acceptors (Lipinski definition) is 5. The fourth-order valence-electron chi connectivity index (χ4n) is 5.88. The summed E-state index contributed by atoms with van der Waals surface area (Å²) in [5.74, 6) is -5.41. The zero-order chi connectivity index (χ0) is 24.2. The molecule has 4 aliphatic carbocycles. The van der Waals surface area contributed by atoms with Crippen molar-refractivity contribution >= 4 is 17.3 Å². The van der Waals surface area contributed by atoms with E-state index in [1.54, 1.807) is 6.92 Å². The summed E-state index contributed by atoms with van der Waals surface area (Å²) < 4.78 is 48.6. The van der Waals surface area contributed by atoms with E-state index in [0.717, 1.165) is 0 Å². The smallest absolute Gasteiger partial charge is 0.190 e. The van der Waals surface area contributed by atoms with E-state index < -0.39 is 70.5 Å². The molecule has 0 heterocycles. The maximum absolute atomic E-state index is 13.7. The lowest BCUT2D eigenvalue weighted by Crippen LogP contribution is -2.60. The molecule has 140 valence electrons. The highest BCUT2D eigenvalue weighted by Crippen LogP contribution is 2.66. The van der Waals surface area contributed by atoms with E-state index in [9.17, 15) is 24.6 Å². The van der Waals surface area contributed by atoms with Gasteiger partial charge in [0, 0.05) is 25.9 Å². The number of ketones is 3. The number of Topliss-reactive ketones (excluding diaryl/α,β-unsaturated/α-hetero) is 2. The summed E-state index contributed by atoms with van der Waals surface area (Å²) in [6, 6.07) is -0.762. The molecule has 0 aromatic carbocycles. The van der Waals surface area contributed by atoms with E-state index in [2.05, 4.69) is 0 Å². The summed E-state index contributed by atoms with van der Waals surface area (Å²) in [6.45, 7) is -0.490. The third-order valence-electron chi connectivity index (χ3n) is 7.30. The fourth-order valence-corrected chi connectivity index (χ4v) is 5.88. The Balaban J connectivity index is 1.90. The number of aliphatic hydroxyl groups is 2. The molecule has 4 aliphatic rings. The summed E-state index contributed by atoms with van der Waals surface area (Å²) in [7, 11) is 0. The summed E-state index contributed by atoms with van der Waals surface area (Å²) in [5.41, 5.74) is -5.39. The predicted molar refractivity (Wildman–Crippen MR) is 94.0 cm³/mol. The average Bonchev–Trinajstić information content (AvgIpc) is 2.96. The van der Waals surface area contributed by atoms with E-state index in [1.807, 2.05) is 0 Å². The van der Waals surface area contributed by atoms with Crippen molar-refractivity contribution in [1.82, 2.24) is 0 Å². The van der Waals surface area contributed by atoms with Crippen molar-refractivity contribution in [3.05, 3.63) is 23.8 Å². The number of fused-ring (bicyclic) bond motifs is 5. The molecule has 2 N–H and O–H groups in total. The Morgan fingerprint density at radius 3 is 2.85 bits per heavy atom. The Morgan fingerprint density at radius 1 is 1.42 bits per heavy atom. The van der Waals surface area contributed by atoms with Crippen LogP contribution in [0, 0.1) is 28.6 Å². The molecule has 26 heavy (non-hydrogen) atoms. The molecule has 0 bridgehead atoms. The second-order valence-electron chi connectivity index (χ2n) is 8.32. The highest BCUT2D eigenvalue weighted by Gasteiger charge is 2.68. The van der Waals surface area contributed by atoms with Gasteiger partial charge in [-0.25, -0.2) is 0 Å². The highest BCUT2D eigenvalue weighted by atomic mass is 16.3. The maximum Gasteiger partial charge on any atom is 0.190 e. The van der Waals surface area contributed by atoms with E-state index in [1.165, 1.54) is 13.0 Å². The van der Waals surface area contributed by atoms with Crippen LogP contribution in [0.4, 0.5) is 0 Å². The summed E-state index contributed by atoms with van der Waals surface area (Å²) in [6.07, 6.45) is -0.996. The SMILES string of the molecule is [2H]C1=C[C@@]2(C)C(=C([2H])C1=O)CC[C@@H]1[C@@H]2C(=O)C([2H])([2H])[C@@]2(C)[C@H]1CC[C@]2(O)C(=O)C([2H])([2H])O. The molecule has 0 amide bonds. The minimum absolute atomic E-state index is 0.141. The van der Waals surface area contributed by atoms with Gasteiger partial charge in [0.1, 0.15) is 17.9 Å². The van der Waals surface area contributed by atoms with Crippen molar-refractivity contribution in [2.45, 2.75) is 51.5 Å². The van der Waals surface area contributed by atoms with Gasteiger partial charge in [-0.15, -0.1) is 0 Å². The first kappa shape index (κ1) is 12.0. The van der Waals surface area contributed by atoms with Crippen LogP contribution in [0.1, 0.15) is 54.1 Å². The fraction of sp³-hybridized carbons (Fsp3) is 0.667. The van der Waals surface area contributed by atoms with Gasteiger partial charge in [0.25, 0.3) is 0 Å². The van der Waals surface area contributed by atoms with Crippen LogP contribution in [0.15, 0.2) is 23.8 Å². The average molecular weight is 364 g/mol. The van der Waals surface area contributed by atoms with E-state index in [-0.39, 0.29) is 25.3 Å². The van der Waals surface area contributed by atoms with Gasteiger partial charge in [-0.2, -0.15) is 0 Å². The third kappa shape index (κ3) is 2.01. The van der Waals surface area contributed by atoms with Gasteiger partial charge in [-0.1, -0.05) is 25.5 Å². The van der Waals surface area contributed by atoms with Crippen molar-refractivity contribution in [2.24, 2.45) is 28.6 Å². The molecule has 0 aromatic heterocycles. The molecule has 0 aromatic rings. The molecule has 0 aliphatic heterocycles. The van der Waals surface area contributed by atoms with Gasteiger partial charge in [-0.05, 0) is 49.6 Å². The van der Waals surface area contributed by atoms with Crippen LogP contribution in [0.3, 0.4) is 0 Å². The first-order valence-electron chi connectivity index (χ1n) is 11.9. The number of hydrogen-bond donors (Lipinski definition) is 2. The Labute approximate surface area is 161 Å². The molecule has 3 saturated carbocycles. The molecular weight excluding hydrogens is 332 g/mol. The molecular formula is C21H26O5. The van der Waals surface area contributed by atoms with Crippen molar-refractivity contribution in [2.75, 3.05) is 6.56 Å². The minimum atomic E-state index is -3.40. The van der Waals surface area contributed by atoms with Crippen molar-refractivity contribution < 1.29 is 32.8 Å². The van der Waals surface area contributed by atoms with E-state index >= 15 is 0 Å². The molecule has 4 rings (SSSR count). The van der Waals surface area contributed by atoms with E-state index in [4.69, 9.17) is 8.22 Å². The highest BCUT2D eigenvalue weighted by molar-refractivity contribution is 6.02. The van der Waals surface area contributed by atoms with Crippen LogP contribution in [-0.4, -0.2) is 39.7 Å². The Hall–Kier alpha value is -1.59. The molecule has 0 spiro atoms. The molecule has 0 radical (unpaired) electrons. The van der Waals surface area contributed by atoms with Gasteiger partial charge in [0.05, 0.1) is 5.48 Å². The topological polar surface area (TPSA) is 91.7 Å². The quantitative estimate of drug-likeness (QED) is 0.779. The van der Waals surface area contributed by atoms with Crippen LogP contribution >= 0.6 is 0 Å². The van der Waals surface area contributed by atoms with Crippen LogP contribution in [0.5, 0.6) is 0 Å². The number of rotatable bonds is 2. The third-order valence-corrected chi connectivity index (χ3v) is 7.30. The first-order valence-corrected chi connectivity index (χ1v) is 8.94. The number of carbonyl (C=O) groups excluding carboxylic acids is 3. The monoisotopic (exact) mass is 364 g/mol. The van der Waals surface area contributed by atoms with E-state index in [0.29, 0.717) is 12.0 Å². The summed E-state index contributed by atoms with van der Waals surface area (Å²) in [5, 5.41) is 21.0. The van der Waals surface area contributed by atoms with Gasteiger partial charge in [0.15, 0.2) is 11.6 Å². The minimum Gasteiger partial charge on any atom is -0.388 e. The number of allylic oxidation sites excluding steroid dienone is 4. The second-order valence-corrected chi connectivity index (χ2v) is 8.32. The van der Waals surface area contributed by atoms with Crippen LogP contribution in [0.2, 0.25) is 0 Å². The molecule has 3 fully saturated rings. The van der Waals surface area contributed by atoms with Crippen molar-refractivity contribution in [3.63, 3.8) is 0 Å². The molecule has 0 unspecified atom stereocenters. The van der Waals surface area contributed by atoms with Crippen LogP contribution < -0.4 is 0 Å². The number of carbonyl (C=O) groups is 3. The summed E-state index contributed by atoms with van der Waals surface area (Å²) in [4.78, 5) is 38.7. The normalized spacial score (nSPS) is 53.7. The van der Waals surface area contributed by atoms with Gasteiger partial charge in [0.2, 0.25) is 0 Å². The lowest BCUT2D eigenvalue weighted by molar-refractivity contribution is -0.168. The van der Waals surface area contributed by atoms with Gasteiger partial charge < -0.3 is 10.2 Å². The van der Waals surface area contributed by atoms with Gasteiger partial charge in [-0.3, -0.25) is 14.4 Å². The standard InChI is InChI=1S/C21H26O5/c1-19-7-5-13(23)9-12(19)3-4-14-15-6-8-21(26,17(25)11-22)20(15,2)10-16(24)18(14)19/h5,7,9,14-15,18,22,26H,3-4,6,8,10-11H2,1-2H3/t14-,15-,18+,19-,20-,21-/m0/s1/i5D,9D,10D2,11D2. The molecule has 5 heteroatoms. The Kier molecular flexibility index (Phi) is 2.52. The molecule has 0 saturated heterocycles. The lowest BCUT2D eigenvalue weighted by Gasteiger charge is -2.56. The maximum atomic E-state index is 13.7. The Bertz CT molecular complexity index is 1010. The first-order chi connectivity index (χ1) is 14.5.